The molecule has 2 aliphatic heterocycles. The number of alkyl halides is 3. The molecule has 0 atom stereocenters. The molecule has 0 unspecified atom stereocenters. The second-order valence-electron chi connectivity index (χ2n) is 7.42. The van der Waals surface area contributed by atoms with Gasteiger partial charge in [-0.25, -0.2) is 15.0 Å². The Morgan fingerprint density at radius 3 is 2.31 bits per heavy atom. The maximum absolute atomic E-state index is 12.6. The topological polar surface area (TPSA) is 78.9 Å². The number of amides is 2. The van der Waals surface area contributed by atoms with Gasteiger partial charge in [-0.05, 0) is 12.8 Å². The Labute approximate surface area is 166 Å². The van der Waals surface area contributed by atoms with Crippen LogP contribution in [0.5, 0.6) is 0 Å². The van der Waals surface area contributed by atoms with Crippen LogP contribution in [0.3, 0.4) is 0 Å². The van der Waals surface area contributed by atoms with Crippen LogP contribution in [0.15, 0.2) is 12.4 Å². The third-order valence-corrected chi connectivity index (χ3v) is 5.45. The zero-order chi connectivity index (χ0) is 21.2. The number of aromatic nitrogens is 2. The van der Waals surface area contributed by atoms with Crippen LogP contribution < -0.4 is 4.90 Å². The molecule has 0 N–H and O–H groups in total. The van der Waals surface area contributed by atoms with Gasteiger partial charge in [0.2, 0.25) is 17.8 Å². The fourth-order valence-electron chi connectivity index (χ4n) is 3.57. The minimum Gasteiger partial charge on any atom is -0.342 e. The van der Waals surface area contributed by atoms with Crippen LogP contribution >= 0.6 is 0 Å². The zero-order valence-electron chi connectivity index (χ0n) is 16.4. The van der Waals surface area contributed by atoms with Crippen molar-refractivity contribution in [1.82, 2.24) is 19.9 Å². The first-order valence-corrected chi connectivity index (χ1v) is 9.42. The molecule has 0 spiro atoms. The molecule has 0 aliphatic carbocycles. The highest BCUT2D eigenvalue weighted by Gasteiger charge is 2.37. The highest BCUT2D eigenvalue weighted by atomic mass is 19.4. The molecule has 1 aromatic rings. The van der Waals surface area contributed by atoms with Crippen molar-refractivity contribution in [3.8, 4) is 0 Å². The quantitative estimate of drug-likeness (QED) is 0.680. The lowest BCUT2D eigenvalue weighted by Gasteiger charge is -2.42. The summed E-state index contributed by atoms with van der Waals surface area (Å²) in [6.45, 7) is 2.14. The summed E-state index contributed by atoms with van der Waals surface area (Å²) in [5.74, 6) is 0.216. The third kappa shape index (κ3) is 4.95. The van der Waals surface area contributed by atoms with Gasteiger partial charge in [0.25, 0.3) is 0 Å². The van der Waals surface area contributed by atoms with Crippen LogP contribution in [0.1, 0.15) is 24.8 Å². The molecular weight excluding hydrogens is 391 g/mol. The summed E-state index contributed by atoms with van der Waals surface area (Å²) in [5, 5.41) is 1.18. The Balaban J connectivity index is 1.44. The smallest absolute Gasteiger partial charge is 0.342 e. The van der Waals surface area contributed by atoms with E-state index in [0.29, 0.717) is 45.4 Å². The van der Waals surface area contributed by atoms with E-state index in [2.05, 4.69) is 9.97 Å². The fraction of sp³-hybridized carbons (Fsp3) is 0.667. The van der Waals surface area contributed by atoms with Gasteiger partial charge in [0.1, 0.15) is 0 Å². The van der Waals surface area contributed by atoms with Crippen molar-refractivity contribution >= 4 is 17.8 Å². The zero-order valence-corrected chi connectivity index (χ0v) is 16.4. The molecule has 11 heteroatoms. The van der Waals surface area contributed by atoms with Gasteiger partial charge in [0.05, 0.1) is 12.7 Å². The Morgan fingerprint density at radius 1 is 1.21 bits per heavy atom. The van der Waals surface area contributed by atoms with E-state index >= 15 is 0 Å². The number of likely N-dealkylation sites (tertiary alicyclic amines) is 1. The minimum atomic E-state index is -4.46. The van der Waals surface area contributed by atoms with E-state index in [0.717, 1.165) is 12.4 Å². The Hall–Kier alpha value is -2.43. The number of anilines is 1. The van der Waals surface area contributed by atoms with Crippen LogP contribution in [0, 0.1) is 11.8 Å². The van der Waals surface area contributed by atoms with Crippen molar-refractivity contribution in [2.24, 2.45) is 11.8 Å². The first kappa shape index (κ1) is 21.3. The number of carbonyl (C=O) groups is 2. The van der Waals surface area contributed by atoms with Crippen LogP contribution in [0.25, 0.3) is 0 Å². The van der Waals surface area contributed by atoms with Crippen molar-refractivity contribution in [1.29, 1.82) is 0 Å². The molecule has 1 aromatic heterocycles. The van der Waals surface area contributed by atoms with Gasteiger partial charge in [0, 0.05) is 63.9 Å². The summed E-state index contributed by atoms with van der Waals surface area (Å²) in [4.78, 5) is 40.5. The molecule has 3 heterocycles. The van der Waals surface area contributed by atoms with E-state index in [1.54, 1.807) is 16.8 Å². The monoisotopic (exact) mass is 415 g/mol. The molecule has 2 fully saturated rings. The highest BCUT2D eigenvalue weighted by molar-refractivity contribution is 5.81. The van der Waals surface area contributed by atoms with E-state index < -0.39 is 11.7 Å². The predicted octanol–water partition coefficient (Wildman–Crippen LogP) is 1.58. The maximum atomic E-state index is 12.6. The lowest BCUT2D eigenvalue weighted by molar-refractivity contribution is -0.171. The van der Waals surface area contributed by atoms with Gasteiger partial charge in [-0.3, -0.25) is 14.4 Å². The maximum Gasteiger partial charge on any atom is 0.419 e. The normalized spacial score (nSPS) is 18.5. The summed E-state index contributed by atoms with van der Waals surface area (Å²) in [6, 6.07) is 0. The summed E-state index contributed by atoms with van der Waals surface area (Å²) in [5.41, 5.74) is -0.881. The highest BCUT2D eigenvalue weighted by Crippen LogP contribution is 2.30. The Bertz CT molecular complexity index is 729. The molecule has 0 saturated carbocycles. The first-order valence-electron chi connectivity index (χ1n) is 9.42. The van der Waals surface area contributed by atoms with Gasteiger partial charge in [-0.2, -0.15) is 13.2 Å². The fourth-order valence-corrected chi connectivity index (χ4v) is 3.57. The molecule has 8 nitrogen and oxygen atoms in total. The van der Waals surface area contributed by atoms with Crippen molar-refractivity contribution < 1.29 is 27.6 Å². The number of halogens is 3. The molecule has 29 heavy (non-hydrogen) atoms. The summed E-state index contributed by atoms with van der Waals surface area (Å²) >= 11 is 0. The second kappa shape index (κ2) is 8.52. The van der Waals surface area contributed by atoms with Gasteiger partial charge in [0.15, 0.2) is 0 Å². The number of hydroxylamine groups is 2. The molecule has 3 rings (SSSR count). The number of nitrogens with zero attached hydrogens (tertiary/aromatic N) is 5. The minimum absolute atomic E-state index is 0.0711. The number of rotatable bonds is 5. The van der Waals surface area contributed by atoms with Gasteiger partial charge >= 0.3 is 6.18 Å². The largest absolute Gasteiger partial charge is 0.419 e. The lowest BCUT2D eigenvalue weighted by atomic mass is 9.90. The molecule has 2 saturated heterocycles. The molecule has 2 aliphatic rings. The SMILES string of the molecule is CON(C)C(=O)CC1CN(C(=O)C2CCN(c3ncc(C(F)(F)F)cn3)CC2)C1. The van der Waals surface area contributed by atoms with Crippen LogP contribution in [-0.2, 0) is 20.6 Å². The summed E-state index contributed by atoms with van der Waals surface area (Å²) in [7, 11) is 2.98. The summed E-state index contributed by atoms with van der Waals surface area (Å²) < 4.78 is 37.8. The summed E-state index contributed by atoms with van der Waals surface area (Å²) in [6.07, 6.45) is -1.37. The van der Waals surface area contributed by atoms with Crippen molar-refractivity contribution in [2.75, 3.05) is 45.2 Å². The van der Waals surface area contributed by atoms with E-state index in [1.807, 2.05) is 0 Å². The standard InChI is InChI=1S/C18H24F3N5O3/c1-24(29-2)15(27)7-12-10-26(11-12)16(28)13-3-5-25(6-4-13)17-22-8-14(9-23-17)18(19,20)21/h8-9,12-13H,3-7,10-11H2,1-2H3. The Kier molecular flexibility index (Phi) is 6.25. The number of carbonyl (C=O) groups excluding carboxylic acids is 2. The van der Waals surface area contributed by atoms with E-state index in [-0.39, 0.29) is 29.6 Å². The molecular formula is C18H24F3N5O3. The molecule has 0 aromatic carbocycles. The van der Waals surface area contributed by atoms with Crippen molar-refractivity contribution in [2.45, 2.75) is 25.4 Å². The lowest BCUT2D eigenvalue weighted by Crippen LogP contribution is -2.54. The van der Waals surface area contributed by atoms with E-state index in [1.165, 1.54) is 12.2 Å². The number of hydrogen-bond acceptors (Lipinski definition) is 6. The van der Waals surface area contributed by atoms with Crippen molar-refractivity contribution in [3.63, 3.8) is 0 Å². The predicted molar refractivity (Wildman–Crippen MR) is 96.4 cm³/mol. The van der Waals surface area contributed by atoms with E-state index in [4.69, 9.17) is 4.84 Å². The van der Waals surface area contributed by atoms with Gasteiger partial charge in [-0.1, -0.05) is 0 Å². The number of piperidine rings is 1. The van der Waals surface area contributed by atoms with Crippen molar-refractivity contribution in [3.05, 3.63) is 18.0 Å². The van der Waals surface area contributed by atoms with Crippen LogP contribution in [0.2, 0.25) is 0 Å². The van der Waals surface area contributed by atoms with Gasteiger partial charge < -0.3 is 9.80 Å². The molecule has 160 valence electrons. The van der Waals surface area contributed by atoms with Crippen LogP contribution in [0.4, 0.5) is 19.1 Å². The van der Waals surface area contributed by atoms with Crippen LogP contribution in [-0.4, -0.2) is 72.1 Å². The average Bonchev–Trinajstić information content (AvgIpc) is 2.68. The third-order valence-electron chi connectivity index (χ3n) is 5.45. The second-order valence-corrected chi connectivity index (χ2v) is 7.42. The molecule has 0 radical (unpaired) electrons. The first-order chi connectivity index (χ1) is 13.7. The van der Waals surface area contributed by atoms with Gasteiger partial charge in [-0.15, -0.1) is 0 Å². The number of hydrogen-bond donors (Lipinski definition) is 0. The average molecular weight is 415 g/mol. The Morgan fingerprint density at radius 2 is 1.79 bits per heavy atom. The van der Waals surface area contributed by atoms with E-state index in [9.17, 15) is 22.8 Å². The molecule has 0 bridgehead atoms. The molecule has 2 amide bonds.